The number of aliphatic hydroxyl groups is 2. The second-order valence-corrected chi connectivity index (χ2v) is 5.27. The van der Waals surface area contributed by atoms with Crippen molar-refractivity contribution < 1.29 is 23.7 Å². The molecule has 4 unspecified atom stereocenters. The summed E-state index contributed by atoms with van der Waals surface area (Å²) in [6.45, 7) is 2.39. The molecule has 0 aromatic carbocycles. The fourth-order valence-electron chi connectivity index (χ4n) is 2.45. The molecule has 4 atom stereocenters. The second kappa shape index (κ2) is 4.65. The van der Waals surface area contributed by atoms with E-state index in [1.54, 1.807) is 6.92 Å². The summed E-state index contributed by atoms with van der Waals surface area (Å²) in [5.74, 6) is 0. The Bertz CT molecular complexity index is 694. The predicted molar refractivity (Wildman–Crippen MR) is 66.5 cm³/mol. The molecule has 0 aliphatic carbocycles. The number of hydrogen-bond donors (Lipinski definition) is 2. The van der Waals surface area contributed by atoms with Gasteiger partial charge in [0.2, 0.25) is 0 Å². The second-order valence-electron chi connectivity index (χ2n) is 5.27. The first kappa shape index (κ1) is 14.2. The molecule has 2 aromatic rings. The number of ether oxygens (including phenoxy) is 1. The standard InChI is InChI=1S/C12H14F2N4O3/c1-5-7-9(17-11(14)16-5)18(4-15-7)10-6(13)8(20)12(2,3-19)21-10/h4,6,8,10,19-20H,3H2,1-2H3. The van der Waals surface area contributed by atoms with Crippen molar-refractivity contribution in [2.75, 3.05) is 6.61 Å². The molecule has 2 N–H and O–H groups in total. The summed E-state index contributed by atoms with van der Waals surface area (Å²) in [5, 5.41) is 19.1. The lowest BCUT2D eigenvalue weighted by atomic mass is 9.99. The molecule has 114 valence electrons. The van der Waals surface area contributed by atoms with Crippen LogP contribution in [0.25, 0.3) is 11.2 Å². The van der Waals surface area contributed by atoms with Crippen molar-refractivity contribution in [3.63, 3.8) is 0 Å². The fourth-order valence-corrected chi connectivity index (χ4v) is 2.45. The Morgan fingerprint density at radius 1 is 1.48 bits per heavy atom. The average molecular weight is 300 g/mol. The number of alkyl halides is 1. The van der Waals surface area contributed by atoms with Gasteiger partial charge in [0.25, 0.3) is 0 Å². The highest BCUT2D eigenvalue weighted by atomic mass is 19.1. The summed E-state index contributed by atoms with van der Waals surface area (Å²) in [6, 6.07) is 0. The van der Waals surface area contributed by atoms with Crippen molar-refractivity contribution in [1.29, 1.82) is 0 Å². The number of rotatable bonds is 2. The van der Waals surface area contributed by atoms with Gasteiger partial charge >= 0.3 is 6.08 Å². The van der Waals surface area contributed by atoms with Gasteiger partial charge in [-0.05, 0) is 13.8 Å². The van der Waals surface area contributed by atoms with Crippen LogP contribution in [0.3, 0.4) is 0 Å². The number of hydrogen-bond acceptors (Lipinski definition) is 6. The van der Waals surface area contributed by atoms with Gasteiger partial charge in [0.15, 0.2) is 18.0 Å². The Labute approximate surface area is 118 Å². The largest absolute Gasteiger partial charge is 0.393 e. The quantitative estimate of drug-likeness (QED) is 0.772. The highest BCUT2D eigenvalue weighted by Gasteiger charge is 2.53. The zero-order valence-electron chi connectivity index (χ0n) is 11.4. The molecule has 1 fully saturated rings. The number of nitrogens with zero attached hydrogens (tertiary/aromatic N) is 4. The molecule has 0 spiro atoms. The van der Waals surface area contributed by atoms with Crippen LogP contribution in [0.5, 0.6) is 0 Å². The summed E-state index contributed by atoms with van der Waals surface area (Å²) in [7, 11) is 0. The van der Waals surface area contributed by atoms with Crippen LogP contribution in [-0.2, 0) is 4.74 Å². The molecular weight excluding hydrogens is 286 g/mol. The molecule has 1 aliphatic heterocycles. The molecule has 0 saturated carbocycles. The maximum Gasteiger partial charge on any atom is 0.310 e. The Kier molecular flexibility index (Phi) is 3.15. The number of halogens is 2. The first-order valence-electron chi connectivity index (χ1n) is 6.35. The van der Waals surface area contributed by atoms with E-state index in [1.807, 2.05) is 0 Å². The Morgan fingerprint density at radius 2 is 2.19 bits per heavy atom. The summed E-state index contributed by atoms with van der Waals surface area (Å²) in [5.41, 5.74) is -0.738. The van der Waals surface area contributed by atoms with Crippen LogP contribution in [0.2, 0.25) is 0 Å². The molecule has 3 rings (SSSR count). The normalized spacial score (nSPS) is 33.0. The number of fused-ring (bicyclic) bond motifs is 1. The van der Waals surface area contributed by atoms with Crippen molar-refractivity contribution in [1.82, 2.24) is 19.5 Å². The third kappa shape index (κ3) is 2.00. The van der Waals surface area contributed by atoms with E-state index < -0.39 is 36.8 Å². The monoisotopic (exact) mass is 300 g/mol. The number of aliphatic hydroxyl groups excluding tert-OH is 2. The van der Waals surface area contributed by atoms with Crippen molar-refractivity contribution in [3.05, 3.63) is 18.1 Å². The van der Waals surface area contributed by atoms with E-state index in [1.165, 1.54) is 17.8 Å². The van der Waals surface area contributed by atoms with Gasteiger partial charge in [0.1, 0.15) is 17.2 Å². The highest BCUT2D eigenvalue weighted by molar-refractivity contribution is 5.72. The third-order valence-electron chi connectivity index (χ3n) is 3.75. The van der Waals surface area contributed by atoms with Gasteiger partial charge < -0.3 is 14.9 Å². The SMILES string of the molecule is Cc1nc(F)nc2c1ncn2C1OC(C)(CO)C(O)C1F. The third-order valence-corrected chi connectivity index (χ3v) is 3.75. The van der Waals surface area contributed by atoms with Crippen LogP contribution in [-0.4, -0.2) is 54.2 Å². The Hall–Kier alpha value is -1.71. The molecular formula is C12H14F2N4O3. The topological polar surface area (TPSA) is 93.3 Å². The first-order valence-corrected chi connectivity index (χ1v) is 6.35. The van der Waals surface area contributed by atoms with Crippen LogP contribution >= 0.6 is 0 Å². The van der Waals surface area contributed by atoms with E-state index >= 15 is 0 Å². The van der Waals surface area contributed by atoms with Crippen molar-refractivity contribution >= 4 is 11.2 Å². The van der Waals surface area contributed by atoms with Gasteiger partial charge in [-0.2, -0.15) is 9.37 Å². The lowest BCUT2D eigenvalue weighted by Gasteiger charge is -2.24. The molecule has 7 nitrogen and oxygen atoms in total. The van der Waals surface area contributed by atoms with E-state index in [0.29, 0.717) is 11.2 Å². The van der Waals surface area contributed by atoms with E-state index in [0.717, 1.165) is 0 Å². The molecule has 3 heterocycles. The maximum absolute atomic E-state index is 14.3. The summed E-state index contributed by atoms with van der Waals surface area (Å²) < 4.78 is 34.2. The minimum Gasteiger partial charge on any atom is -0.393 e. The molecule has 1 aliphatic rings. The van der Waals surface area contributed by atoms with Gasteiger partial charge in [-0.25, -0.2) is 14.4 Å². The minimum atomic E-state index is -1.81. The lowest BCUT2D eigenvalue weighted by molar-refractivity contribution is -0.115. The average Bonchev–Trinajstić information content (AvgIpc) is 2.95. The van der Waals surface area contributed by atoms with Gasteiger partial charge in [-0.1, -0.05) is 0 Å². The lowest BCUT2D eigenvalue weighted by Crippen LogP contribution is -2.42. The molecule has 0 amide bonds. The summed E-state index contributed by atoms with van der Waals surface area (Å²) in [4.78, 5) is 11.2. The molecule has 0 radical (unpaired) electrons. The predicted octanol–water partition coefficient (Wildman–Crippen LogP) is 0.253. The Balaban J connectivity index is 2.10. The van der Waals surface area contributed by atoms with E-state index in [2.05, 4.69) is 15.0 Å². The maximum atomic E-state index is 14.3. The van der Waals surface area contributed by atoms with Gasteiger partial charge in [0, 0.05) is 0 Å². The van der Waals surface area contributed by atoms with Gasteiger partial charge in [-0.3, -0.25) is 4.57 Å². The van der Waals surface area contributed by atoms with Crippen LogP contribution in [0.15, 0.2) is 6.33 Å². The molecule has 9 heteroatoms. The van der Waals surface area contributed by atoms with Crippen LogP contribution in [0.1, 0.15) is 18.8 Å². The van der Waals surface area contributed by atoms with Crippen molar-refractivity contribution in [2.24, 2.45) is 0 Å². The van der Waals surface area contributed by atoms with Crippen LogP contribution in [0.4, 0.5) is 8.78 Å². The van der Waals surface area contributed by atoms with Gasteiger partial charge in [-0.15, -0.1) is 0 Å². The zero-order chi connectivity index (χ0) is 15.4. The van der Waals surface area contributed by atoms with Crippen LogP contribution in [0, 0.1) is 13.0 Å². The fraction of sp³-hybridized carbons (Fsp3) is 0.583. The van der Waals surface area contributed by atoms with Crippen molar-refractivity contribution in [3.8, 4) is 0 Å². The van der Waals surface area contributed by atoms with E-state index in [4.69, 9.17) is 4.74 Å². The number of aryl methyl sites for hydroxylation is 1. The van der Waals surface area contributed by atoms with Gasteiger partial charge in [0.05, 0.1) is 18.6 Å². The highest BCUT2D eigenvalue weighted by Crippen LogP contribution is 2.39. The van der Waals surface area contributed by atoms with Crippen molar-refractivity contribution in [2.45, 2.75) is 38.0 Å². The molecule has 21 heavy (non-hydrogen) atoms. The smallest absolute Gasteiger partial charge is 0.310 e. The summed E-state index contributed by atoms with van der Waals surface area (Å²) in [6.07, 6.45) is -4.29. The first-order chi connectivity index (χ1) is 9.87. The van der Waals surface area contributed by atoms with E-state index in [-0.39, 0.29) is 5.65 Å². The summed E-state index contributed by atoms with van der Waals surface area (Å²) >= 11 is 0. The number of imidazole rings is 1. The Morgan fingerprint density at radius 3 is 2.81 bits per heavy atom. The minimum absolute atomic E-state index is 0.0713. The molecule has 2 aromatic heterocycles. The molecule has 1 saturated heterocycles. The number of aromatic nitrogens is 4. The van der Waals surface area contributed by atoms with E-state index in [9.17, 15) is 19.0 Å². The van der Waals surface area contributed by atoms with Crippen LogP contribution < -0.4 is 0 Å². The zero-order valence-corrected chi connectivity index (χ0v) is 11.4. The molecule has 0 bridgehead atoms.